The fourth-order valence-corrected chi connectivity index (χ4v) is 4.01. The topological polar surface area (TPSA) is 41.0 Å². The van der Waals surface area contributed by atoms with Gasteiger partial charge in [-0.2, -0.15) is 0 Å². The molecule has 0 amide bonds. The molecule has 104 valence electrons. The molecular weight excluding hydrogens is 248 g/mol. The Balaban J connectivity index is 1.79. The number of anilines is 1. The number of nitrogens with zero attached hydrogens (tertiary/aromatic N) is 3. The molecule has 0 bridgehead atoms. The Morgan fingerprint density at radius 2 is 2.15 bits per heavy atom. The SMILES string of the molecule is CCC1C2CNCC2CN1c1ncnc2ccccc12. The van der Waals surface area contributed by atoms with Crippen LogP contribution in [0.5, 0.6) is 0 Å². The summed E-state index contributed by atoms with van der Waals surface area (Å²) in [5.41, 5.74) is 1.04. The number of fused-ring (bicyclic) bond motifs is 2. The second-order valence-electron chi connectivity index (χ2n) is 5.92. The molecule has 0 spiro atoms. The van der Waals surface area contributed by atoms with Gasteiger partial charge >= 0.3 is 0 Å². The van der Waals surface area contributed by atoms with E-state index in [9.17, 15) is 0 Å². The van der Waals surface area contributed by atoms with E-state index in [-0.39, 0.29) is 0 Å². The molecule has 2 aromatic rings. The second kappa shape index (κ2) is 4.70. The van der Waals surface area contributed by atoms with Crippen molar-refractivity contribution in [1.29, 1.82) is 0 Å². The van der Waals surface area contributed by atoms with Gasteiger partial charge in [-0.3, -0.25) is 0 Å². The van der Waals surface area contributed by atoms with Gasteiger partial charge in [0.1, 0.15) is 12.1 Å². The van der Waals surface area contributed by atoms with Gasteiger partial charge in [-0.15, -0.1) is 0 Å². The van der Waals surface area contributed by atoms with Crippen LogP contribution in [0, 0.1) is 11.8 Å². The summed E-state index contributed by atoms with van der Waals surface area (Å²) in [6.07, 6.45) is 2.89. The summed E-state index contributed by atoms with van der Waals surface area (Å²) in [6, 6.07) is 8.94. The highest BCUT2D eigenvalue weighted by atomic mass is 15.3. The minimum atomic E-state index is 0.605. The quantitative estimate of drug-likeness (QED) is 0.905. The van der Waals surface area contributed by atoms with E-state index in [4.69, 9.17) is 0 Å². The molecule has 1 N–H and O–H groups in total. The van der Waals surface area contributed by atoms with Gasteiger partial charge in [0.15, 0.2) is 0 Å². The molecule has 0 radical (unpaired) electrons. The van der Waals surface area contributed by atoms with Crippen LogP contribution in [0.4, 0.5) is 5.82 Å². The van der Waals surface area contributed by atoms with Crippen LogP contribution >= 0.6 is 0 Å². The molecule has 1 aromatic carbocycles. The second-order valence-corrected chi connectivity index (χ2v) is 5.92. The van der Waals surface area contributed by atoms with Crippen molar-refractivity contribution in [1.82, 2.24) is 15.3 Å². The van der Waals surface area contributed by atoms with Crippen LogP contribution in [0.3, 0.4) is 0 Å². The molecule has 4 rings (SSSR count). The van der Waals surface area contributed by atoms with Crippen molar-refractivity contribution in [3.8, 4) is 0 Å². The molecule has 0 saturated carbocycles. The van der Waals surface area contributed by atoms with Gasteiger partial charge in [-0.05, 0) is 30.4 Å². The highest BCUT2D eigenvalue weighted by Gasteiger charge is 2.43. The minimum Gasteiger partial charge on any atom is -0.352 e. The smallest absolute Gasteiger partial charge is 0.140 e. The summed E-state index contributed by atoms with van der Waals surface area (Å²) in [5.74, 6) is 2.67. The van der Waals surface area contributed by atoms with E-state index in [0.717, 1.165) is 42.8 Å². The van der Waals surface area contributed by atoms with Crippen molar-refractivity contribution in [3.05, 3.63) is 30.6 Å². The standard InChI is InChI=1S/C16H20N4/c1-2-15-13-8-17-7-11(13)9-20(15)16-12-5-3-4-6-14(12)18-10-19-16/h3-6,10-11,13,15,17H,2,7-9H2,1H3. The van der Waals surface area contributed by atoms with Gasteiger partial charge in [0.25, 0.3) is 0 Å². The molecule has 2 aliphatic heterocycles. The first-order valence-electron chi connectivity index (χ1n) is 7.55. The number of nitrogens with one attached hydrogen (secondary N) is 1. The highest BCUT2D eigenvalue weighted by molar-refractivity contribution is 5.89. The lowest BCUT2D eigenvalue weighted by Crippen LogP contribution is -2.35. The highest BCUT2D eigenvalue weighted by Crippen LogP contribution is 2.38. The van der Waals surface area contributed by atoms with E-state index in [0.29, 0.717) is 6.04 Å². The molecule has 0 aliphatic carbocycles. The number of hydrogen-bond donors (Lipinski definition) is 1. The summed E-state index contributed by atoms with van der Waals surface area (Å²) in [5, 5.41) is 4.72. The zero-order chi connectivity index (χ0) is 13.5. The third-order valence-electron chi connectivity index (χ3n) is 4.93. The fraction of sp³-hybridized carbons (Fsp3) is 0.500. The van der Waals surface area contributed by atoms with Crippen LogP contribution in [0.25, 0.3) is 10.9 Å². The number of hydrogen-bond acceptors (Lipinski definition) is 4. The maximum atomic E-state index is 4.61. The van der Waals surface area contributed by atoms with E-state index in [2.05, 4.69) is 45.3 Å². The molecule has 1 aromatic heterocycles. The zero-order valence-electron chi connectivity index (χ0n) is 11.8. The largest absolute Gasteiger partial charge is 0.352 e. The van der Waals surface area contributed by atoms with Crippen LogP contribution in [-0.2, 0) is 0 Å². The lowest BCUT2D eigenvalue weighted by atomic mass is 9.93. The van der Waals surface area contributed by atoms with Crippen LogP contribution in [0.1, 0.15) is 13.3 Å². The summed E-state index contributed by atoms with van der Waals surface area (Å²) in [4.78, 5) is 11.5. The fourth-order valence-electron chi connectivity index (χ4n) is 4.01. The number of para-hydroxylation sites is 1. The van der Waals surface area contributed by atoms with Crippen molar-refractivity contribution in [2.45, 2.75) is 19.4 Å². The van der Waals surface area contributed by atoms with Crippen molar-refractivity contribution in [2.75, 3.05) is 24.5 Å². The zero-order valence-corrected chi connectivity index (χ0v) is 11.8. The Bertz CT molecular complexity index is 621. The molecule has 2 fully saturated rings. The minimum absolute atomic E-state index is 0.605. The van der Waals surface area contributed by atoms with Crippen LogP contribution < -0.4 is 10.2 Å². The van der Waals surface area contributed by atoms with Gasteiger partial charge in [-0.1, -0.05) is 19.1 Å². The number of aromatic nitrogens is 2. The van der Waals surface area contributed by atoms with Crippen LogP contribution in [0.2, 0.25) is 0 Å². The van der Waals surface area contributed by atoms with Gasteiger partial charge in [0.05, 0.1) is 5.52 Å². The van der Waals surface area contributed by atoms with Gasteiger partial charge in [0.2, 0.25) is 0 Å². The molecule has 20 heavy (non-hydrogen) atoms. The predicted molar refractivity (Wildman–Crippen MR) is 80.8 cm³/mol. The molecule has 3 unspecified atom stereocenters. The van der Waals surface area contributed by atoms with E-state index in [1.54, 1.807) is 6.33 Å². The van der Waals surface area contributed by atoms with E-state index in [1.807, 2.05) is 6.07 Å². The monoisotopic (exact) mass is 268 g/mol. The van der Waals surface area contributed by atoms with Gasteiger partial charge in [-0.25, -0.2) is 9.97 Å². The summed E-state index contributed by atoms with van der Waals surface area (Å²) in [6.45, 7) is 5.72. The average Bonchev–Trinajstić information content (AvgIpc) is 3.06. The molecular formula is C16H20N4. The first-order valence-corrected chi connectivity index (χ1v) is 7.55. The first kappa shape index (κ1) is 12.1. The summed E-state index contributed by atoms with van der Waals surface area (Å²) >= 11 is 0. The Kier molecular flexibility index (Phi) is 2.84. The summed E-state index contributed by atoms with van der Waals surface area (Å²) < 4.78 is 0. The van der Waals surface area contributed by atoms with E-state index < -0.39 is 0 Å². The Morgan fingerprint density at radius 3 is 3.05 bits per heavy atom. The molecule has 3 atom stereocenters. The Morgan fingerprint density at radius 1 is 1.25 bits per heavy atom. The Hall–Kier alpha value is -1.68. The van der Waals surface area contributed by atoms with Crippen molar-refractivity contribution >= 4 is 16.7 Å². The average molecular weight is 268 g/mol. The lowest BCUT2D eigenvalue weighted by molar-refractivity contribution is 0.441. The normalized spacial score (nSPS) is 29.1. The van der Waals surface area contributed by atoms with Gasteiger partial charge in [0, 0.05) is 31.1 Å². The van der Waals surface area contributed by atoms with Crippen molar-refractivity contribution in [2.24, 2.45) is 11.8 Å². The van der Waals surface area contributed by atoms with Crippen molar-refractivity contribution in [3.63, 3.8) is 0 Å². The third kappa shape index (κ3) is 1.71. The van der Waals surface area contributed by atoms with E-state index >= 15 is 0 Å². The number of benzene rings is 1. The first-order chi connectivity index (χ1) is 9.88. The van der Waals surface area contributed by atoms with Crippen molar-refractivity contribution < 1.29 is 0 Å². The maximum absolute atomic E-state index is 4.61. The lowest BCUT2D eigenvalue weighted by Gasteiger charge is -2.28. The van der Waals surface area contributed by atoms with Crippen LogP contribution in [-0.4, -0.2) is 35.6 Å². The Labute approximate surface area is 119 Å². The van der Waals surface area contributed by atoms with Crippen LogP contribution in [0.15, 0.2) is 30.6 Å². The summed E-state index contributed by atoms with van der Waals surface area (Å²) in [7, 11) is 0. The molecule has 3 heterocycles. The maximum Gasteiger partial charge on any atom is 0.140 e. The molecule has 4 nitrogen and oxygen atoms in total. The molecule has 4 heteroatoms. The predicted octanol–water partition coefficient (Wildman–Crippen LogP) is 2.06. The third-order valence-corrected chi connectivity index (χ3v) is 4.93. The van der Waals surface area contributed by atoms with E-state index in [1.165, 1.54) is 11.8 Å². The van der Waals surface area contributed by atoms with Gasteiger partial charge < -0.3 is 10.2 Å². The molecule has 2 saturated heterocycles. The number of rotatable bonds is 2. The molecule has 2 aliphatic rings.